The van der Waals surface area contributed by atoms with Crippen LogP contribution in [0, 0.1) is 10.1 Å². The molecule has 1 aromatic heterocycles. The molecule has 1 fully saturated rings. The molecule has 1 aliphatic heterocycles. The predicted octanol–water partition coefficient (Wildman–Crippen LogP) is 6.10. The van der Waals surface area contributed by atoms with Crippen LogP contribution in [0.4, 0.5) is 11.4 Å². The molecule has 194 valence electrons. The molecule has 0 bridgehead atoms. The number of nitrogens with zero attached hydrogens (tertiary/aromatic N) is 2. The van der Waals surface area contributed by atoms with Crippen molar-refractivity contribution in [1.29, 1.82) is 0 Å². The summed E-state index contributed by atoms with van der Waals surface area (Å²) in [6.45, 7) is 0. The Morgan fingerprint density at radius 3 is 2.44 bits per heavy atom. The van der Waals surface area contributed by atoms with Gasteiger partial charge < -0.3 is 9.15 Å². The van der Waals surface area contributed by atoms with Gasteiger partial charge in [0.05, 0.1) is 27.5 Å². The van der Waals surface area contributed by atoms with Gasteiger partial charge in [0.15, 0.2) is 5.11 Å². The topological polar surface area (TPSA) is 115 Å². The molecule has 3 aromatic carbocycles. The smallest absolute Gasteiger partial charge is 0.283 e. The number of hydrogen-bond donors (Lipinski definition) is 1. The van der Waals surface area contributed by atoms with Crippen molar-refractivity contribution in [2.45, 2.75) is 10.6 Å². The third kappa shape index (κ3) is 5.89. The minimum absolute atomic E-state index is 0.0745. The van der Waals surface area contributed by atoms with Crippen molar-refractivity contribution < 1.29 is 23.7 Å². The molecule has 39 heavy (non-hydrogen) atoms. The molecule has 0 radical (unpaired) electrons. The van der Waals surface area contributed by atoms with Crippen LogP contribution >= 0.6 is 24.0 Å². The average molecular weight is 558 g/mol. The van der Waals surface area contributed by atoms with Gasteiger partial charge in [0.25, 0.3) is 17.5 Å². The summed E-state index contributed by atoms with van der Waals surface area (Å²) in [6.07, 6.45) is 2.85. The lowest BCUT2D eigenvalue weighted by Crippen LogP contribution is -2.54. The quantitative estimate of drug-likeness (QED) is 0.0690. The fourth-order valence-corrected chi connectivity index (χ4v) is 4.97. The second-order valence-electron chi connectivity index (χ2n) is 8.22. The highest BCUT2D eigenvalue weighted by atomic mass is 32.2. The van der Waals surface area contributed by atoms with Gasteiger partial charge in [-0.2, -0.15) is 0 Å². The number of benzene rings is 3. The van der Waals surface area contributed by atoms with Gasteiger partial charge in [-0.1, -0.05) is 24.3 Å². The number of nitro benzene ring substituents is 1. The van der Waals surface area contributed by atoms with Gasteiger partial charge in [-0.05, 0) is 78.5 Å². The molecule has 1 aliphatic rings. The van der Waals surface area contributed by atoms with E-state index in [0.29, 0.717) is 39.2 Å². The molecule has 0 atom stereocenters. The number of thioether (sulfide) groups is 1. The number of thiocarbonyl (C=S) groups is 1. The fraction of sp³-hybridized carbons (Fsp3) is 0.0357. The first-order valence-corrected chi connectivity index (χ1v) is 13.0. The number of rotatable bonds is 8. The minimum atomic E-state index is -0.691. The fourth-order valence-electron chi connectivity index (χ4n) is 3.78. The van der Waals surface area contributed by atoms with E-state index in [1.807, 2.05) is 30.3 Å². The van der Waals surface area contributed by atoms with Gasteiger partial charge in [0, 0.05) is 6.07 Å². The first kappa shape index (κ1) is 25.9. The lowest BCUT2D eigenvalue weighted by molar-refractivity contribution is -0.387. The van der Waals surface area contributed by atoms with Gasteiger partial charge in [-0.15, -0.1) is 11.8 Å². The van der Waals surface area contributed by atoms with Gasteiger partial charge in [0.1, 0.15) is 22.8 Å². The Morgan fingerprint density at radius 1 is 1.00 bits per heavy atom. The zero-order valence-corrected chi connectivity index (χ0v) is 21.7. The van der Waals surface area contributed by atoms with E-state index in [-0.39, 0.29) is 16.4 Å². The van der Waals surface area contributed by atoms with Crippen molar-refractivity contribution in [1.82, 2.24) is 5.32 Å². The number of ether oxygens (including phenoxy) is 1. The van der Waals surface area contributed by atoms with E-state index in [1.165, 1.54) is 35.1 Å². The van der Waals surface area contributed by atoms with Crippen LogP contribution in [0.25, 0.3) is 6.08 Å². The molecular formula is C28H19N3O6S2. The summed E-state index contributed by atoms with van der Waals surface area (Å²) >= 11 is 6.52. The Labute approximate surface area is 232 Å². The first-order valence-electron chi connectivity index (χ1n) is 11.6. The molecule has 0 spiro atoms. The van der Waals surface area contributed by atoms with Crippen LogP contribution in [0.2, 0.25) is 0 Å². The van der Waals surface area contributed by atoms with Crippen molar-refractivity contribution in [3.05, 3.63) is 118 Å². The Bertz CT molecular complexity index is 1590. The number of para-hydroxylation sites is 1. The summed E-state index contributed by atoms with van der Waals surface area (Å²) < 4.78 is 11.1. The number of nitrogens with one attached hydrogen (secondary N) is 1. The van der Waals surface area contributed by atoms with Crippen LogP contribution in [0.5, 0.6) is 11.5 Å². The van der Waals surface area contributed by atoms with Crippen molar-refractivity contribution in [2.75, 3.05) is 4.90 Å². The molecule has 1 N–H and O–H groups in total. The van der Waals surface area contributed by atoms with Gasteiger partial charge >= 0.3 is 0 Å². The number of nitro groups is 1. The third-order valence-corrected chi connectivity index (χ3v) is 6.99. The number of hydrogen-bond acceptors (Lipinski definition) is 8. The van der Waals surface area contributed by atoms with Crippen LogP contribution in [0.1, 0.15) is 11.3 Å². The summed E-state index contributed by atoms with van der Waals surface area (Å²) in [5.41, 5.74) is 0.387. The molecule has 0 aliphatic carbocycles. The molecular weight excluding hydrogens is 538 g/mol. The SMILES string of the molecule is O=C1NC(=S)N(c2ccc(Oc3ccccc3)cc2)C(=O)C1=Cc1ccc(SCc2ccco2)c([N+](=O)[O-])c1. The molecule has 11 heteroatoms. The highest BCUT2D eigenvalue weighted by Crippen LogP contribution is 2.33. The maximum atomic E-state index is 13.4. The highest BCUT2D eigenvalue weighted by Gasteiger charge is 2.34. The molecule has 0 saturated carbocycles. The van der Waals surface area contributed by atoms with E-state index in [1.54, 1.807) is 48.5 Å². The van der Waals surface area contributed by atoms with Crippen molar-refractivity contribution in [2.24, 2.45) is 0 Å². The summed E-state index contributed by atoms with van der Waals surface area (Å²) in [6, 6.07) is 23.9. The molecule has 4 aromatic rings. The third-order valence-electron chi connectivity index (χ3n) is 5.62. The lowest BCUT2D eigenvalue weighted by atomic mass is 10.1. The van der Waals surface area contributed by atoms with Crippen molar-refractivity contribution in [3.63, 3.8) is 0 Å². The minimum Gasteiger partial charge on any atom is -0.468 e. The zero-order chi connectivity index (χ0) is 27.4. The normalized spacial score (nSPS) is 14.4. The summed E-state index contributed by atoms with van der Waals surface area (Å²) in [4.78, 5) is 38.9. The molecule has 5 rings (SSSR count). The van der Waals surface area contributed by atoms with Gasteiger partial charge in [-0.25, -0.2) is 0 Å². The molecule has 2 heterocycles. The monoisotopic (exact) mass is 557 g/mol. The number of anilines is 1. The molecule has 9 nitrogen and oxygen atoms in total. The summed E-state index contributed by atoms with van der Waals surface area (Å²) in [7, 11) is 0. The van der Waals surface area contributed by atoms with Crippen LogP contribution in [0.3, 0.4) is 0 Å². The summed E-state index contributed by atoms with van der Waals surface area (Å²) in [5.74, 6) is 0.963. The zero-order valence-electron chi connectivity index (χ0n) is 20.1. The van der Waals surface area contributed by atoms with Crippen LogP contribution in [-0.2, 0) is 15.3 Å². The highest BCUT2D eigenvalue weighted by molar-refractivity contribution is 7.98. The molecule has 2 amide bonds. The lowest BCUT2D eigenvalue weighted by Gasteiger charge is -2.29. The van der Waals surface area contributed by atoms with E-state index in [0.717, 1.165) is 0 Å². The van der Waals surface area contributed by atoms with Crippen LogP contribution in [0.15, 0.2) is 106 Å². The molecule has 0 unspecified atom stereocenters. The maximum Gasteiger partial charge on any atom is 0.283 e. The van der Waals surface area contributed by atoms with E-state index in [4.69, 9.17) is 21.4 Å². The van der Waals surface area contributed by atoms with E-state index in [9.17, 15) is 19.7 Å². The summed E-state index contributed by atoms with van der Waals surface area (Å²) in [5, 5.41) is 14.2. The van der Waals surface area contributed by atoms with E-state index in [2.05, 4.69) is 5.32 Å². The Balaban J connectivity index is 1.38. The van der Waals surface area contributed by atoms with Crippen LogP contribution < -0.4 is 15.0 Å². The number of carbonyl (C=O) groups excluding carboxylic acids is 2. The number of furan rings is 1. The number of carbonyl (C=O) groups is 2. The predicted molar refractivity (Wildman–Crippen MR) is 151 cm³/mol. The Hall–Kier alpha value is -4.74. The van der Waals surface area contributed by atoms with E-state index >= 15 is 0 Å². The maximum absolute atomic E-state index is 13.4. The second-order valence-corrected chi connectivity index (χ2v) is 9.62. The Kier molecular flexibility index (Phi) is 7.53. The van der Waals surface area contributed by atoms with Crippen molar-refractivity contribution in [3.8, 4) is 11.5 Å². The number of amides is 2. The second kappa shape index (κ2) is 11.3. The first-order chi connectivity index (χ1) is 18.9. The van der Waals surface area contributed by atoms with Crippen LogP contribution in [-0.4, -0.2) is 21.9 Å². The van der Waals surface area contributed by atoms with E-state index < -0.39 is 16.7 Å². The standard InChI is InChI=1S/C28H19N3O6S2/c32-26-23(15-18-8-13-25(24(16-18)31(34)35)39-17-22-7-4-14-36-22)27(33)30(28(38)29-26)19-9-11-21(12-10-19)37-20-5-2-1-3-6-20/h1-16H,17H2,(H,29,32,38). The van der Waals surface area contributed by atoms with Crippen molar-refractivity contribution >= 4 is 58.4 Å². The molecule has 1 saturated heterocycles. The van der Waals surface area contributed by atoms with Gasteiger partial charge in [-0.3, -0.25) is 29.9 Å². The average Bonchev–Trinajstić information content (AvgIpc) is 3.45. The largest absolute Gasteiger partial charge is 0.468 e. The van der Waals surface area contributed by atoms with Gasteiger partial charge in [0.2, 0.25) is 0 Å². The Morgan fingerprint density at radius 2 is 1.74 bits per heavy atom.